The molecular formula is C17H26N2O. The second kappa shape index (κ2) is 7.32. The second-order valence-corrected chi connectivity index (χ2v) is 5.88. The highest BCUT2D eigenvalue weighted by atomic mass is 16.2. The second-order valence-electron chi connectivity index (χ2n) is 5.88. The molecule has 1 atom stereocenters. The first kappa shape index (κ1) is 14.9. The Labute approximate surface area is 122 Å². The van der Waals surface area contributed by atoms with E-state index in [1.807, 2.05) is 24.3 Å². The zero-order chi connectivity index (χ0) is 14.4. The number of amides is 1. The summed E-state index contributed by atoms with van der Waals surface area (Å²) in [6, 6.07) is 8.52. The Bertz CT molecular complexity index is 423. The normalized spacial score (nSPS) is 15.7. The van der Waals surface area contributed by atoms with Crippen LogP contribution in [0.5, 0.6) is 0 Å². The number of hydrogen-bond acceptors (Lipinski definition) is 2. The van der Waals surface area contributed by atoms with Crippen LogP contribution < -0.4 is 10.6 Å². The number of hydrogen-bond donors (Lipinski definition) is 2. The van der Waals surface area contributed by atoms with Crippen molar-refractivity contribution >= 4 is 17.3 Å². The third-order valence-electron chi connectivity index (χ3n) is 3.75. The fourth-order valence-corrected chi connectivity index (χ4v) is 2.30. The predicted octanol–water partition coefficient (Wildman–Crippen LogP) is 4.42. The first-order chi connectivity index (χ1) is 9.69. The highest BCUT2D eigenvalue weighted by Crippen LogP contribution is 2.30. The van der Waals surface area contributed by atoms with E-state index in [0.29, 0.717) is 6.04 Å². The molecule has 20 heavy (non-hydrogen) atoms. The average Bonchev–Trinajstić information content (AvgIpc) is 3.26. The van der Waals surface area contributed by atoms with Crippen molar-refractivity contribution in [1.82, 2.24) is 0 Å². The minimum atomic E-state index is 0.165. The Morgan fingerprint density at radius 3 is 2.45 bits per heavy atom. The van der Waals surface area contributed by atoms with Gasteiger partial charge in [0.1, 0.15) is 0 Å². The molecule has 1 saturated carbocycles. The molecule has 0 radical (unpaired) electrons. The van der Waals surface area contributed by atoms with E-state index in [9.17, 15) is 4.79 Å². The summed E-state index contributed by atoms with van der Waals surface area (Å²) in [5.74, 6) is 0.421. The molecule has 0 bridgehead atoms. The molecule has 2 rings (SSSR count). The van der Waals surface area contributed by atoms with E-state index in [-0.39, 0.29) is 11.8 Å². The SMILES string of the molecule is CCCCCC(C)Nc1ccc(NC(=O)C2CC2)cc1. The van der Waals surface area contributed by atoms with Crippen molar-refractivity contribution in [2.24, 2.45) is 5.92 Å². The van der Waals surface area contributed by atoms with E-state index in [4.69, 9.17) is 0 Å². The van der Waals surface area contributed by atoms with Crippen LogP contribution in [0.3, 0.4) is 0 Å². The quantitative estimate of drug-likeness (QED) is 0.689. The van der Waals surface area contributed by atoms with Crippen LogP contribution >= 0.6 is 0 Å². The van der Waals surface area contributed by atoms with Crippen molar-refractivity contribution in [3.8, 4) is 0 Å². The third kappa shape index (κ3) is 4.87. The van der Waals surface area contributed by atoms with Crippen LogP contribution in [0.4, 0.5) is 11.4 Å². The van der Waals surface area contributed by atoms with Crippen LogP contribution in [0.1, 0.15) is 52.4 Å². The molecule has 1 amide bonds. The van der Waals surface area contributed by atoms with E-state index in [2.05, 4.69) is 24.5 Å². The van der Waals surface area contributed by atoms with Crippen molar-refractivity contribution in [1.29, 1.82) is 0 Å². The van der Waals surface area contributed by atoms with E-state index in [1.54, 1.807) is 0 Å². The van der Waals surface area contributed by atoms with Crippen molar-refractivity contribution in [3.05, 3.63) is 24.3 Å². The van der Waals surface area contributed by atoms with Gasteiger partial charge in [-0.05, 0) is 50.5 Å². The lowest BCUT2D eigenvalue weighted by molar-refractivity contribution is -0.117. The number of rotatable bonds is 8. The molecule has 3 nitrogen and oxygen atoms in total. The zero-order valence-corrected chi connectivity index (χ0v) is 12.6. The lowest BCUT2D eigenvalue weighted by Crippen LogP contribution is -2.15. The number of anilines is 2. The Balaban J connectivity index is 1.76. The van der Waals surface area contributed by atoms with Gasteiger partial charge in [0.2, 0.25) is 5.91 Å². The van der Waals surface area contributed by atoms with Crippen molar-refractivity contribution in [2.45, 2.75) is 58.4 Å². The summed E-state index contributed by atoms with van der Waals surface area (Å²) in [4.78, 5) is 11.7. The van der Waals surface area contributed by atoms with Gasteiger partial charge in [0.15, 0.2) is 0 Å². The third-order valence-corrected chi connectivity index (χ3v) is 3.75. The van der Waals surface area contributed by atoms with E-state index < -0.39 is 0 Å². The van der Waals surface area contributed by atoms with Gasteiger partial charge in [0.25, 0.3) is 0 Å². The molecule has 1 aliphatic rings. The molecule has 0 aromatic heterocycles. The maximum atomic E-state index is 11.7. The molecule has 1 unspecified atom stereocenters. The molecule has 1 fully saturated rings. The van der Waals surface area contributed by atoms with Crippen LogP contribution in [-0.2, 0) is 4.79 Å². The molecule has 0 spiro atoms. The first-order valence-corrected chi connectivity index (χ1v) is 7.86. The first-order valence-electron chi connectivity index (χ1n) is 7.86. The van der Waals surface area contributed by atoms with Gasteiger partial charge in [-0.1, -0.05) is 26.2 Å². The van der Waals surface area contributed by atoms with Crippen LogP contribution in [0.25, 0.3) is 0 Å². The predicted molar refractivity (Wildman–Crippen MR) is 85.0 cm³/mol. The number of unbranched alkanes of at least 4 members (excludes halogenated alkanes) is 2. The van der Waals surface area contributed by atoms with Gasteiger partial charge >= 0.3 is 0 Å². The summed E-state index contributed by atoms with van der Waals surface area (Å²) in [6.07, 6.45) is 7.13. The molecule has 3 heteroatoms. The standard InChI is InChI=1S/C17H26N2O/c1-3-4-5-6-13(2)18-15-9-11-16(12-10-15)19-17(20)14-7-8-14/h9-14,18H,3-8H2,1-2H3,(H,19,20). The van der Waals surface area contributed by atoms with Crippen molar-refractivity contribution < 1.29 is 4.79 Å². The van der Waals surface area contributed by atoms with Crippen molar-refractivity contribution in [2.75, 3.05) is 10.6 Å². The van der Waals surface area contributed by atoms with Crippen molar-refractivity contribution in [3.63, 3.8) is 0 Å². The Morgan fingerprint density at radius 1 is 1.20 bits per heavy atom. The highest BCUT2D eigenvalue weighted by Gasteiger charge is 2.29. The summed E-state index contributed by atoms with van der Waals surface area (Å²) >= 11 is 0. The largest absolute Gasteiger partial charge is 0.383 e. The maximum Gasteiger partial charge on any atom is 0.227 e. The summed E-state index contributed by atoms with van der Waals surface area (Å²) in [7, 11) is 0. The van der Waals surface area contributed by atoms with E-state index in [1.165, 1.54) is 25.7 Å². The van der Waals surface area contributed by atoms with Crippen LogP contribution in [0.2, 0.25) is 0 Å². The van der Waals surface area contributed by atoms with Gasteiger partial charge in [-0.15, -0.1) is 0 Å². The van der Waals surface area contributed by atoms with Gasteiger partial charge < -0.3 is 10.6 Å². The molecule has 0 saturated heterocycles. The van der Waals surface area contributed by atoms with Crippen LogP contribution in [-0.4, -0.2) is 11.9 Å². The summed E-state index contributed by atoms with van der Waals surface area (Å²) < 4.78 is 0. The lowest BCUT2D eigenvalue weighted by atomic mass is 10.1. The average molecular weight is 274 g/mol. The number of carbonyl (C=O) groups excluding carboxylic acids is 1. The smallest absolute Gasteiger partial charge is 0.227 e. The molecule has 1 aromatic carbocycles. The molecule has 1 aromatic rings. The van der Waals surface area contributed by atoms with Crippen LogP contribution in [0.15, 0.2) is 24.3 Å². The molecule has 1 aliphatic carbocycles. The minimum Gasteiger partial charge on any atom is -0.383 e. The van der Waals surface area contributed by atoms with Gasteiger partial charge in [0, 0.05) is 23.3 Å². The number of carbonyl (C=O) groups is 1. The van der Waals surface area contributed by atoms with Gasteiger partial charge in [-0.2, -0.15) is 0 Å². The Hall–Kier alpha value is -1.51. The molecule has 0 heterocycles. The summed E-state index contributed by atoms with van der Waals surface area (Å²) in [5, 5.41) is 6.46. The summed E-state index contributed by atoms with van der Waals surface area (Å²) in [5.41, 5.74) is 2.02. The summed E-state index contributed by atoms with van der Waals surface area (Å²) in [6.45, 7) is 4.45. The molecule has 110 valence electrons. The van der Waals surface area contributed by atoms with Crippen LogP contribution in [0, 0.1) is 5.92 Å². The number of nitrogens with one attached hydrogen (secondary N) is 2. The Kier molecular flexibility index (Phi) is 5.45. The van der Waals surface area contributed by atoms with E-state index >= 15 is 0 Å². The fourth-order valence-electron chi connectivity index (χ4n) is 2.30. The topological polar surface area (TPSA) is 41.1 Å². The van der Waals surface area contributed by atoms with Gasteiger partial charge in [-0.3, -0.25) is 4.79 Å². The van der Waals surface area contributed by atoms with Gasteiger partial charge in [-0.25, -0.2) is 0 Å². The molecular weight excluding hydrogens is 248 g/mol. The number of benzene rings is 1. The fraction of sp³-hybridized carbons (Fsp3) is 0.588. The molecule has 0 aliphatic heterocycles. The van der Waals surface area contributed by atoms with Gasteiger partial charge in [0.05, 0.1) is 0 Å². The molecule has 2 N–H and O–H groups in total. The lowest BCUT2D eigenvalue weighted by Gasteiger charge is -2.15. The minimum absolute atomic E-state index is 0.165. The highest BCUT2D eigenvalue weighted by molar-refractivity contribution is 5.94. The maximum absolute atomic E-state index is 11.7. The Morgan fingerprint density at radius 2 is 1.85 bits per heavy atom. The monoisotopic (exact) mass is 274 g/mol. The zero-order valence-electron chi connectivity index (χ0n) is 12.6. The van der Waals surface area contributed by atoms with E-state index in [0.717, 1.165) is 24.2 Å².